The van der Waals surface area contributed by atoms with Crippen molar-refractivity contribution in [2.24, 2.45) is 0 Å². The molecule has 0 aliphatic rings. The zero-order chi connectivity index (χ0) is 14.1. The normalized spacial score (nSPS) is 10.5. The summed E-state index contributed by atoms with van der Waals surface area (Å²) in [4.78, 5) is 11.5. The molecule has 0 radical (unpaired) electrons. The Kier molecular flexibility index (Phi) is 7.15. The highest BCUT2D eigenvalue weighted by Crippen LogP contribution is 2.21. The lowest BCUT2D eigenvalue weighted by Gasteiger charge is -2.11. The molecule has 0 aliphatic carbocycles. The number of hydrogen-bond acceptors (Lipinski definition) is 4. The third kappa shape index (κ3) is 5.85. The average Bonchev–Trinajstić information content (AvgIpc) is 2.37. The number of benzene rings is 1. The van der Waals surface area contributed by atoms with Gasteiger partial charge in [0.15, 0.2) is 5.78 Å². The number of ketones is 1. The molecule has 0 bridgehead atoms. The predicted octanol–water partition coefficient (Wildman–Crippen LogP) is 2.63. The fourth-order valence-corrected chi connectivity index (χ4v) is 1.63. The van der Waals surface area contributed by atoms with Crippen molar-refractivity contribution in [2.75, 3.05) is 33.5 Å². The minimum Gasteiger partial charge on any atom is -0.493 e. The number of carbonyl (C=O) groups excluding carboxylic acids is 1. The van der Waals surface area contributed by atoms with E-state index < -0.39 is 0 Å². The summed E-state index contributed by atoms with van der Waals surface area (Å²) in [5, 5.41) is 0. The van der Waals surface area contributed by atoms with Gasteiger partial charge in [0.2, 0.25) is 0 Å². The van der Waals surface area contributed by atoms with Crippen LogP contribution < -0.4 is 4.74 Å². The van der Waals surface area contributed by atoms with E-state index in [4.69, 9.17) is 14.2 Å². The zero-order valence-corrected chi connectivity index (χ0v) is 11.9. The summed E-state index contributed by atoms with van der Waals surface area (Å²) in [5.74, 6) is 0.677. The average molecular weight is 266 g/mol. The Morgan fingerprint density at radius 1 is 1.16 bits per heavy atom. The van der Waals surface area contributed by atoms with Gasteiger partial charge in [0.05, 0.1) is 25.4 Å². The first-order chi connectivity index (χ1) is 9.15. The first-order valence-electron chi connectivity index (χ1n) is 6.46. The Morgan fingerprint density at radius 3 is 2.63 bits per heavy atom. The molecule has 0 aliphatic heterocycles. The lowest BCUT2D eigenvalue weighted by Crippen LogP contribution is -2.08. The van der Waals surface area contributed by atoms with Gasteiger partial charge in [0.25, 0.3) is 0 Å². The van der Waals surface area contributed by atoms with E-state index in [0.717, 1.165) is 12.0 Å². The molecule has 0 fully saturated rings. The van der Waals surface area contributed by atoms with Crippen LogP contribution in [0, 0.1) is 6.92 Å². The molecule has 1 aromatic rings. The number of rotatable bonds is 9. The smallest absolute Gasteiger partial charge is 0.163 e. The number of Topliss-reactive ketones (excluding diaryl/α,β-unsaturated/α-hetero) is 1. The zero-order valence-electron chi connectivity index (χ0n) is 11.9. The van der Waals surface area contributed by atoms with Gasteiger partial charge in [-0.3, -0.25) is 4.79 Å². The second-order valence-corrected chi connectivity index (χ2v) is 4.36. The quantitative estimate of drug-likeness (QED) is 0.509. The van der Waals surface area contributed by atoms with Crippen LogP contribution in [0.1, 0.15) is 29.3 Å². The van der Waals surface area contributed by atoms with Crippen molar-refractivity contribution in [3.8, 4) is 5.75 Å². The first kappa shape index (κ1) is 15.7. The molecule has 0 aromatic heterocycles. The van der Waals surface area contributed by atoms with Gasteiger partial charge in [0, 0.05) is 20.1 Å². The van der Waals surface area contributed by atoms with Gasteiger partial charge in [-0.1, -0.05) is 6.07 Å². The highest BCUT2D eigenvalue weighted by molar-refractivity contribution is 5.96. The number of hydrogen-bond donors (Lipinski definition) is 0. The molecule has 0 saturated heterocycles. The van der Waals surface area contributed by atoms with Gasteiger partial charge >= 0.3 is 0 Å². The van der Waals surface area contributed by atoms with E-state index in [2.05, 4.69) is 0 Å². The molecule has 0 unspecified atom stereocenters. The molecule has 0 spiro atoms. The summed E-state index contributed by atoms with van der Waals surface area (Å²) in [6, 6.07) is 5.61. The Balaban J connectivity index is 2.36. The summed E-state index contributed by atoms with van der Waals surface area (Å²) < 4.78 is 15.9. The van der Waals surface area contributed by atoms with Gasteiger partial charge in [-0.25, -0.2) is 0 Å². The first-order valence-corrected chi connectivity index (χ1v) is 6.46. The molecule has 4 heteroatoms. The van der Waals surface area contributed by atoms with Crippen LogP contribution in [0.2, 0.25) is 0 Å². The molecule has 1 rings (SSSR count). The molecule has 0 atom stereocenters. The van der Waals surface area contributed by atoms with E-state index >= 15 is 0 Å². The lowest BCUT2D eigenvalue weighted by molar-refractivity contribution is 0.0643. The Morgan fingerprint density at radius 2 is 1.95 bits per heavy atom. The van der Waals surface area contributed by atoms with E-state index in [1.807, 2.05) is 25.1 Å². The minimum absolute atomic E-state index is 0.0198. The molecule has 0 amide bonds. The van der Waals surface area contributed by atoms with Crippen molar-refractivity contribution in [1.82, 2.24) is 0 Å². The van der Waals surface area contributed by atoms with Crippen LogP contribution in [0.25, 0.3) is 0 Å². The van der Waals surface area contributed by atoms with Crippen molar-refractivity contribution in [3.05, 3.63) is 29.3 Å². The second kappa shape index (κ2) is 8.67. The Hall–Kier alpha value is -1.39. The fraction of sp³-hybridized carbons (Fsp3) is 0.533. The third-order valence-corrected chi connectivity index (χ3v) is 2.64. The van der Waals surface area contributed by atoms with E-state index in [9.17, 15) is 4.79 Å². The SMILES string of the molecule is COCCOCCCOc1cc(C)ccc1C(C)=O. The third-order valence-electron chi connectivity index (χ3n) is 2.64. The van der Waals surface area contributed by atoms with Gasteiger partial charge in [-0.05, 0) is 31.5 Å². The van der Waals surface area contributed by atoms with Gasteiger partial charge in [-0.15, -0.1) is 0 Å². The number of aryl methyl sites for hydroxylation is 1. The highest BCUT2D eigenvalue weighted by Gasteiger charge is 2.08. The number of methoxy groups -OCH3 is 1. The Bertz CT molecular complexity index is 401. The maximum absolute atomic E-state index is 11.5. The highest BCUT2D eigenvalue weighted by atomic mass is 16.5. The van der Waals surface area contributed by atoms with Crippen molar-refractivity contribution in [2.45, 2.75) is 20.3 Å². The molecule has 1 aromatic carbocycles. The standard InChI is InChI=1S/C15H22O4/c1-12-5-6-14(13(2)16)15(11-12)19-8-4-7-18-10-9-17-3/h5-6,11H,4,7-10H2,1-3H3. The molecule has 4 nitrogen and oxygen atoms in total. The van der Waals surface area contributed by atoms with Crippen LogP contribution in [0.4, 0.5) is 0 Å². The van der Waals surface area contributed by atoms with Crippen molar-refractivity contribution >= 4 is 5.78 Å². The number of ether oxygens (including phenoxy) is 3. The fourth-order valence-electron chi connectivity index (χ4n) is 1.63. The number of carbonyl (C=O) groups is 1. The molecule has 106 valence electrons. The van der Waals surface area contributed by atoms with Crippen LogP contribution in [0.15, 0.2) is 18.2 Å². The van der Waals surface area contributed by atoms with E-state index in [1.165, 1.54) is 0 Å². The van der Waals surface area contributed by atoms with E-state index in [1.54, 1.807) is 14.0 Å². The second-order valence-electron chi connectivity index (χ2n) is 4.36. The predicted molar refractivity (Wildman–Crippen MR) is 74.0 cm³/mol. The lowest BCUT2D eigenvalue weighted by atomic mass is 10.1. The maximum atomic E-state index is 11.5. The van der Waals surface area contributed by atoms with Crippen LogP contribution in [-0.4, -0.2) is 39.3 Å². The molecular formula is C15H22O4. The van der Waals surface area contributed by atoms with Crippen molar-refractivity contribution in [1.29, 1.82) is 0 Å². The molecule has 0 N–H and O–H groups in total. The van der Waals surface area contributed by atoms with E-state index in [0.29, 0.717) is 37.7 Å². The van der Waals surface area contributed by atoms with Gasteiger partial charge in [-0.2, -0.15) is 0 Å². The monoisotopic (exact) mass is 266 g/mol. The van der Waals surface area contributed by atoms with Crippen molar-refractivity contribution in [3.63, 3.8) is 0 Å². The van der Waals surface area contributed by atoms with Crippen LogP contribution in [0.5, 0.6) is 5.75 Å². The molecule has 0 saturated carbocycles. The summed E-state index contributed by atoms with van der Waals surface area (Å²) >= 11 is 0. The minimum atomic E-state index is 0.0198. The van der Waals surface area contributed by atoms with Crippen molar-refractivity contribution < 1.29 is 19.0 Å². The van der Waals surface area contributed by atoms with Crippen LogP contribution in [0.3, 0.4) is 0 Å². The molecule has 0 heterocycles. The van der Waals surface area contributed by atoms with Gasteiger partial charge < -0.3 is 14.2 Å². The van der Waals surface area contributed by atoms with Crippen LogP contribution >= 0.6 is 0 Å². The topological polar surface area (TPSA) is 44.8 Å². The maximum Gasteiger partial charge on any atom is 0.163 e. The van der Waals surface area contributed by atoms with Crippen LogP contribution in [-0.2, 0) is 9.47 Å². The summed E-state index contributed by atoms with van der Waals surface area (Å²) in [6.45, 7) is 5.89. The Labute approximate surface area is 114 Å². The summed E-state index contributed by atoms with van der Waals surface area (Å²) in [7, 11) is 1.65. The largest absolute Gasteiger partial charge is 0.493 e. The van der Waals surface area contributed by atoms with E-state index in [-0.39, 0.29) is 5.78 Å². The van der Waals surface area contributed by atoms with Gasteiger partial charge in [0.1, 0.15) is 5.75 Å². The molecular weight excluding hydrogens is 244 g/mol. The summed E-state index contributed by atoms with van der Waals surface area (Å²) in [6.07, 6.45) is 0.787. The summed E-state index contributed by atoms with van der Waals surface area (Å²) in [5.41, 5.74) is 1.71. The molecule has 19 heavy (non-hydrogen) atoms.